The summed E-state index contributed by atoms with van der Waals surface area (Å²) in [4.78, 5) is 12.9. The van der Waals surface area contributed by atoms with E-state index < -0.39 is 0 Å². The van der Waals surface area contributed by atoms with Gasteiger partial charge in [-0.05, 0) is 24.3 Å². The van der Waals surface area contributed by atoms with Gasteiger partial charge in [-0.3, -0.25) is 0 Å². The van der Waals surface area contributed by atoms with Crippen LogP contribution in [-0.4, -0.2) is 27.2 Å². The first-order valence-corrected chi connectivity index (χ1v) is 8.09. The molecule has 122 valence electrons. The monoisotopic (exact) mass is 349 g/mol. The highest BCUT2D eigenvalue weighted by atomic mass is 32.1. The smallest absolute Gasteiger partial charge is 0.195 e. The van der Waals surface area contributed by atoms with E-state index in [0.29, 0.717) is 22.3 Å². The fourth-order valence-electron chi connectivity index (χ4n) is 2.58. The maximum absolute atomic E-state index is 9.95. The number of methoxy groups -OCH3 is 1. The topological polar surface area (TPSA) is 104 Å². The third-order valence-electron chi connectivity index (χ3n) is 3.69. The predicted molar refractivity (Wildman–Crippen MR) is 95.4 cm³/mol. The van der Waals surface area contributed by atoms with Crippen molar-refractivity contribution in [3.8, 4) is 17.6 Å². The summed E-state index contributed by atoms with van der Waals surface area (Å²) in [5.74, 6) is 0.996. The Morgan fingerprint density at radius 2 is 2.04 bits per heavy atom. The van der Waals surface area contributed by atoms with E-state index in [1.807, 2.05) is 12.1 Å². The van der Waals surface area contributed by atoms with E-state index in [2.05, 4.69) is 26.3 Å². The third-order valence-corrected chi connectivity index (χ3v) is 4.69. The summed E-state index contributed by atoms with van der Waals surface area (Å²) >= 11 is 1.30. The number of nitrogens with one attached hydrogen (secondary N) is 1. The van der Waals surface area contributed by atoms with Gasteiger partial charge in [-0.1, -0.05) is 0 Å². The van der Waals surface area contributed by atoms with E-state index in [4.69, 9.17) is 10.00 Å². The van der Waals surface area contributed by atoms with Crippen molar-refractivity contribution in [2.75, 3.05) is 12.4 Å². The first-order valence-electron chi connectivity index (χ1n) is 7.28. The van der Waals surface area contributed by atoms with Gasteiger partial charge in [-0.15, -0.1) is 11.3 Å². The van der Waals surface area contributed by atoms with Gasteiger partial charge in [0.15, 0.2) is 16.5 Å². The summed E-state index contributed by atoms with van der Waals surface area (Å²) in [7, 11) is 1.49. The number of hydrogen-bond acceptors (Lipinski definition) is 8. The lowest BCUT2D eigenvalue weighted by Crippen LogP contribution is -1.96. The van der Waals surface area contributed by atoms with E-state index in [1.54, 1.807) is 18.2 Å². The van der Waals surface area contributed by atoms with Crippen LogP contribution in [-0.2, 0) is 0 Å². The average Bonchev–Trinajstić information content (AvgIpc) is 3.05. The summed E-state index contributed by atoms with van der Waals surface area (Å²) in [6, 6.07) is 10.7. The summed E-state index contributed by atoms with van der Waals surface area (Å²) in [6.07, 6.45) is 1.46. The van der Waals surface area contributed by atoms with Crippen LogP contribution in [0.4, 0.5) is 11.5 Å². The molecule has 0 aliphatic heterocycles. The minimum atomic E-state index is 0.0283. The highest BCUT2D eigenvalue weighted by Crippen LogP contribution is 2.35. The maximum Gasteiger partial charge on any atom is 0.195 e. The molecule has 0 saturated carbocycles. The zero-order chi connectivity index (χ0) is 17.4. The summed E-state index contributed by atoms with van der Waals surface area (Å²) in [5.41, 5.74) is 2.13. The molecule has 0 bridgehead atoms. The molecular weight excluding hydrogens is 338 g/mol. The van der Waals surface area contributed by atoms with Crippen molar-refractivity contribution in [3.63, 3.8) is 0 Å². The molecule has 0 aliphatic carbocycles. The number of rotatable bonds is 3. The van der Waals surface area contributed by atoms with Gasteiger partial charge in [-0.2, -0.15) is 5.26 Å². The number of hydrogen-bond donors (Lipinski definition) is 2. The van der Waals surface area contributed by atoms with Crippen molar-refractivity contribution in [2.45, 2.75) is 0 Å². The molecule has 2 N–H and O–H groups in total. The molecule has 0 fully saturated rings. The lowest BCUT2D eigenvalue weighted by Gasteiger charge is -2.10. The number of nitrogens with zero attached hydrogens (tertiary/aromatic N) is 4. The summed E-state index contributed by atoms with van der Waals surface area (Å²) in [5, 5.41) is 23.4. The van der Waals surface area contributed by atoms with Gasteiger partial charge in [0.2, 0.25) is 0 Å². The lowest BCUT2D eigenvalue weighted by atomic mass is 10.2. The van der Waals surface area contributed by atoms with Crippen LogP contribution in [0.1, 0.15) is 5.01 Å². The number of fused-ring (bicyclic) bond motifs is 3. The largest absolute Gasteiger partial charge is 0.504 e. The first kappa shape index (κ1) is 15.1. The molecule has 4 rings (SSSR count). The molecule has 0 radical (unpaired) electrons. The molecule has 4 aromatic rings. The van der Waals surface area contributed by atoms with Crippen LogP contribution < -0.4 is 10.1 Å². The van der Waals surface area contributed by atoms with E-state index in [1.165, 1.54) is 24.8 Å². The number of phenols is 1. The van der Waals surface area contributed by atoms with Crippen molar-refractivity contribution >= 4 is 44.0 Å². The SMILES string of the molecule is COc1ccc(Nc2ncnc3ccc4nc(C#N)sc4c23)cc1O. The number of aromatic hydroxyl groups is 1. The van der Waals surface area contributed by atoms with Gasteiger partial charge in [0.05, 0.1) is 28.2 Å². The van der Waals surface area contributed by atoms with Gasteiger partial charge in [0.1, 0.15) is 18.2 Å². The average molecular weight is 349 g/mol. The minimum Gasteiger partial charge on any atom is -0.504 e. The normalized spacial score (nSPS) is 10.7. The van der Waals surface area contributed by atoms with Crippen molar-refractivity contribution in [1.82, 2.24) is 15.0 Å². The lowest BCUT2D eigenvalue weighted by molar-refractivity contribution is 0.373. The molecule has 0 spiro atoms. The molecule has 0 aliphatic rings. The van der Waals surface area contributed by atoms with Gasteiger partial charge in [0, 0.05) is 11.8 Å². The minimum absolute atomic E-state index is 0.0283. The Morgan fingerprint density at radius 1 is 1.20 bits per heavy atom. The quantitative estimate of drug-likeness (QED) is 0.582. The maximum atomic E-state index is 9.95. The molecule has 0 unspecified atom stereocenters. The van der Waals surface area contributed by atoms with Crippen LogP contribution in [0.5, 0.6) is 11.5 Å². The van der Waals surface area contributed by atoms with Crippen LogP contribution in [0.3, 0.4) is 0 Å². The Morgan fingerprint density at radius 3 is 2.80 bits per heavy atom. The Balaban J connectivity index is 1.88. The van der Waals surface area contributed by atoms with Crippen LogP contribution in [0.2, 0.25) is 0 Å². The first-order chi connectivity index (χ1) is 12.2. The molecule has 0 saturated heterocycles. The number of aromatic nitrogens is 3. The van der Waals surface area contributed by atoms with Crippen molar-refractivity contribution < 1.29 is 9.84 Å². The number of phenolic OH excluding ortho intramolecular Hbond substituents is 1. The molecule has 2 aromatic heterocycles. The number of benzene rings is 2. The second kappa shape index (κ2) is 5.89. The number of ether oxygens (including phenoxy) is 1. The van der Waals surface area contributed by atoms with Crippen molar-refractivity contribution in [3.05, 3.63) is 41.7 Å². The third kappa shape index (κ3) is 2.56. The van der Waals surface area contributed by atoms with E-state index >= 15 is 0 Å². The van der Waals surface area contributed by atoms with Gasteiger partial charge < -0.3 is 15.2 Å². The van der Waals surface area contributed by atoms with Crippen LogP contribution >= 0.6 is 11.3 Å². The molecule has 2 aromatic carbocycles. The Kier molecular flexibility index (Phi) is 3.56. The molecular formula is C17H11N5O2S. The second-order valence-electron chi connectivity index (χ2n) is 5.17. The van der Waals surface area contributed by atoms with E-state index in [-0.39, 0.29) is 5.75 Å². The van der Waals surface area contributed by atoms with Gasteiger partial charge in [-0.25, -0.2) is 15.0 Å². The standard InChI is InChI=1S/C17H11N5O2S/c1-24-13-5-2-9(6-12(13)23)21-17-15-10(19-8-20-17)3-4-11-16(15)25-14(7-18)22-11/h2-6,8,23H,1H3,(H,19,20,21). The number of thiazole rings is 1. The zero-order valence-corrected chi connectivity index (χ0v) is 13.8. The highest BCUT2D eigenvalue weighted by Gasteiger charge is 2.13. The Labute approximate surface area is 146 Å². The fraction of sp³-hybridized carbons (Fsp3) is 0.0588. The molecule has 25 heavy (non-hydrogen) atoms. The molecule has 2 heterocycles. The fourth-order valence-corrected chi connectivity index (χ4v) is 3.48. The predicted octanol–water partition coefficient (Wildman–Crippen LogP) is 3.57. The van der Waals surface area contributed by atoms with Crippen LogP contribution in [0, 0.1) is 11.3 Å². The highest BCUT2D eigenvalue weighted by molar-refractivity contribution is 7.20. The van der Waals surface area contributed by atoms with E-state index in [9.17, 15) is 5.11 Å². The molecule has 7 nitrogen and oxygen atoms in total. The van der Waals surface area contributed by atoms with Crippen molar-refractivity contribution in [2.24, 2.45) is 0 Å². The number of nitriles is 1. The van der Waals surface area contributed by atoms with E-state index in [0.717, 1.165) is 21.1 Å². The molecule has 0 atom stereocenters. The Bertz CT molecular complexity index is 1150. The van der Waals surface area contributed by atoms with Crippen LogP contribution in [0.15, 0.2) is 36.7 Å². The summed E-state index contributed by atoms with van der Waals surface area (Å²) in [6.45, 7) is 0. The molecule has 8 heteroatoms. The zero-order valence-electron chi connectivity index (χ0n) is 13.0. The van der Waals surface area contributed by atoms with Gasteiger partial charge in [0.25, 0.3) is 0 Å². The van der Waals surface area contributed by atoms with Crippen LogP contribution in [0.25, 0.3) is 21.1 Å². The van der Waals surface area contributed by atoms with Crippen molar-refractivity contribution in [1.29, 1.82) is 5.26 Å². The van der Waals surface area contributed by atoms with Gasteiger partial charge >= 0.3 is 0 Å². The Hall–Kier alpha value is -3.44. The number of anilines is 2. The second-order valence-corrected chi connectivity index (χ2v) is 6.17. The molecule has 0 amide bonds. The summed E-state index contributed by atoms with van der Waals surface area (Å²) < 4.78 is 5.90.